The second kappa shape index (κ2) is 10.8. The molecule has 0 aliphatic heterocycles. The summed E-state index contributed by atoms with van der Waals surface area (Å²) in [6, 6.07) is 6.84. The predicted molar refractivity (Wildman–Crippen MR) is 91.1 cm³/mol. The Bertz CT molecular complexity index is 484. The third-order valence-corrected chi connectivity index (χ3v) is 3.62. The maximum Gasteiger partial charge on any atom is 0.240 e. The number of aromatic hydroxyl groups is 1. The molecule has 22 heavy (non-hydrogen) atoms. The van der Waals surface area contributed by atoms with Crippen molar-refractivity contribution in [2.24, 2.45) is 5.10 Å². The summed E-state index contributed by atoms with van der Waals surface area (Å²) in [4.78, 5) is 11.7. The highest BCUT2D eigenvalue weighted by Gasteiger charge is 2.02. The number of rotatable bonds is 10. The van der Waals surface area contributed by atoms with E-state index in [0.29, 0.717) is 12.1 Å². The molecule has 0 unspecified atom stereocenters. The molecular formula is C18H28N2O2. The molecule has 0 atom stereocenters. The molecule has 0 fully saturated rings. The molecule has 4 nitrogen and oxygen atoms in total. The van der Waals surface area contributed by atoms with Gasteiger partial charge in [0, 0.05) is 12.0 Å². The first-order valence-corrected chi connectivity index (χ1v) is 8.26. The third kappa shape index (κ3) is 7.81. The Hall–Kier alpha value is -1.84. The fourth-order valence-electron chi connectivity index (χ4n) is 2.24. The van der Waals surface area contributed by atoms with Crippen molar-refractivity contribution in [3.05, 3.63) is 29.8 Å². The zero-order valence-corrected chi connectivity index (χ0v) is 13.8. The smallest absolute Gasteiger partial charge is 0.240 e. The van der Waals surface area contributed by atoms with Crippen molar-refractivity contribution < 1.29 is 9.90 Å². The van der Waals surface area contributed by atoms with Crippen molar-refractivity contribution in [2.75, 3.05) is 0 Å². The van der Waals surface area contributed by atoms with E-state index in [1.165, 1.54) is 32.1 Å². The molecule has 0 bridgehead atoms. The highest BCUT2D eigenvalue weighted by Crippen LogP contribution is 2.11. The summed E-state index contributed by atoms with van der Waals surface area (Å²) in [7, 11) is 0. The van der Waals surface area contributed by atoms with E-state index in [9.17, 15) is 9.90 Å². The summed E-state index contributed by atoms with van der Waals surface area (Å²) in [6.07, 6.45) is 8.89. The van der Waals surface area contributed by atoms with Gasteiger partial charge in [-0.15, -0.1) is 0 Å². The van der Waals surface area contributed by atoms with Gasteiger partial charge in [0.2, 0.25) is 5.91 Å². The number of hydrazone groups is 1. The first kappa shape index (κ1) is 18.2. The normalized spacial score (nSPS) is 11.5. The van der Waals surface area contributed by atoms with Crippen LogP contribution in [0.3, 0.4) is 0 Å². The molecule has 0 saturated heterocycles. The minimum atomic E-state index is -0.0481. The predicted octanol–water partition coefficient (Wildman–Crippen LogP) is 4.37. The van der Waals surface area contributed by atoms with Crippen molar-refractivity contribution in [1.82, 2.24) is 5.43 Å². The second-order valence-electron chi connectivity index (χ2n) is 5.65. The van der Waals surface area contributed by atoms with E-state index in [1.807, 2.05) is 13.0 Å². The summed E-state index contributed by atoms with van der Waals surface area (Å²) in [5.74, 6) is 0.148. The van der Waals surface area contributed by atoms with Crippen molar-refractivity contribution >= 4 is 11.6 Å². The molecule has 1 aromatic rings. The van der Waals surface area contributed by atoms with E-state index in [4.69, 9.17) is 0 Å². The van der Waals surface area contributed by atoms with Gasteiger partial charge in [-0.25, -0.2) is 5.43 Å². The van der Waals surface area contributed by atoms with Gasteiger partial charge in [0.15, 0.2) is 0 Å². The van der Waals surface area contributed by atoms with E-state index >= 15 is 0 Å². The number of hydrogen-bond donors (Lipinski definition) is 2. The number of unbranched alkanes of at least 4 members (excludes halogenated alkanes) is 6. The molecule has 1 rings (SSSR count). The number of phenols is 1. The van der Waals surface area contributed by atoms with Crippen LogP contribution in [0.25, 0.3) is 0 Å². The van der Waals surface area contributed by atoms with Gasteiger partial charge in [-0.2, -0.15) is 5.10 Å². The molecule has 1 amide bonds. The lowest BCUT2D eigenvalue weighted by atomic mass is 10.1. The van der Waals surface area contributed by atoms with Gasteiger partial charge in [0.05, 0.1) is 5.71 Å². The molecular weight excluding hydrogens is 276 g/mol. The van der Waals surface area contributed by atoms with Gasteiger partial charge in [-0.3, -0.25) is 4.79 Å². The van der Waals surface area contributed by atoms with Crippen LogP contribution in [0, 0.1) is 0 Å². The van der Waals surface area contributed by atoms with Crippen LogP contribution in [0.4, 0.5) is 0 Å². The number of carbonyl (C=O) groups excluding carboxylic acids is 1. The molecule has 0 radical (unpaired) electrons. The Morgan fingerprint density at radius 2 is 1.82 bits per heavy atom. The lowest BCUT2D eigenvalue weighted by Gasteiger charge is -2.04. The van der Waals surface area contributed by atoms with E-state index in [2.05, 4.69) is 17.5 Å². The molecule has 0 aliphatic rings. The number of benzene rings is 1. The maximum absolute atomic E-state index is 11.7. The molecule has 122 valence electrons. The lowest BCUT2D eigenvalue weighted by molar-refractivity contribution is -0.121. The van der Waals surface area contributed by atoms with Crippen LogP contribution in [-0.2, 0) is 4.79 Å². The number of phenolic OH excluding ortho intramolecular Hbond substituents is 1. The van der Waals surface area contributed by atoms with Gasteiger partial charge in [0.1, 0.15) is 5.75 Å². The van der Waals surface area contributed by atoms with Gasteiger partial charge < -0.3 is 5.11 Å². The number of carbonyl (C=O) groups is 1. The van der Waals surface area contributed by atoms with Crippen molar-refractivity contribution in [1.29, 1.82) is 0 Å². The Balaban J connectivity index is 2.21. The largest absolute Gasteiger partial charge is 0.508 e. The average Bonchev–Trinajstić information content (AvgIpc) is 2.51. The van der Waals surface area contributed by atoms with Gasteiger partial charge >= 0.3 is 0 Å². The third-order valence-electron chi connectivity index (χ3n) is 3.62. The molecule has 4 heteroatoms. The Kier molecular flexibility index (Phi) is 8.96. The first-order valence-electron chi connectivity index (χ1n) is 8.26. The number of hydrogen-bond acceptors (Lipinski definition) is 3. The molecule has 0 spiro atoms. The van der Waals surface area contributed by atoms with Crippen LogP contribution in [0.15, 0.2) is 29.4 Å². The van der Waals surface area contributed by atoms with E-state index in [0.717, 1.165) is 18.4 Å². The van der Waals surface area contributed by atoms with Gasteiger partial charge in [0.25, 0.3) is 0 Å². The standard InChI is InChI=1S/C18H28N2O2/c1-3-4-5-6-7-8-9-13-18(22)20-19-15(2)16-11-10-12-17(21)14-16/h10-12,14,21H,3-9,13H2,1-2H3,(H,20,22)/b19-15+. The van der Waals surface area contributed by atoms with Crippen LogP contribution in [0.5, 0.6) is 5.75 Å². The Morgan fingerprint density at radius 1 is 1.14 bits per heavy atom. The molecule has 0 aromatic heterocycles. The van der Waals surface area contributed by atoms with Crippen LogP contribution >= 0.6 is 0 Å². The van der Waals surface area contributed by atoms with Crippen LogP contribution in [0.2, 0.25) is 0 Å². The summed E-state index contributed by atoms with van der Waals surface area (Å²) >= 11 is 0. The Morgan fingerprint density at radius 3 is 2.50 bits per heavy atom. The van der Waals surface area contributed by atoms with Gasteiger partial charge in [-0.1, -0.05) is 57.6 Å². The van der Waals surface area contributed by atoms with E-state index < -0.39 is 0 Å². The van der Waals surface area contributed by atoms with Crippen LogP contribution in [0.1, 0.15) is 70.8 Å². The zero-order valence-electron chi connectivity index (χ0n) is 13.8. The lowest BCUT2D eigenvalue weighted by Crippen LogP contribution is -2.18. The first-order chi connectivity index (χ1) is 10.6. The van der Waals surface area contributed by atoms with Crippen LogP contribution in [-0.4, -0.2) is 16.7 Å². The average molecular weight is 304 g/mol. The molecule has 2 N–H and O–H groups in total. The zero-order chi connectivity index (χ0) is 16.2. The van der Waals surface area contributed by atoms with Crippen molar-refractivity contribution in [2.45, 2.75) is 65.2 Å². The minimum Gasteiger partial charge on any atom is -0.508 e. The molecule has 0 saturated carbocycles. The fraction of sp³-hybridized carbons (Fsp3) is 0.556. The molecule has 0 heterocycles. The molecule has 0 aliphatic carbocycles. The summed E-state index contributed by atoms with van der Waals surface area (Å²) in [6.45, 7) is 4.02. The van der Waals surface area contributed by atoms with Crippen molar-refractivity contribution in [3.8, 4) is 5.75 Å². The highest BCUT2D eigenvalue weighted by atomic mass is 16.3. The van der Waals surface area contributed by atoms with E-state index in [-0.39, 0.29) is 11.7 Å². The van der Waals surface area contributed by atoms with E-state index in [1.54, 1.807) is 18.2 Å². The molecule has 1 aromatic carbocycles. The monoisotopic (exact) mass is 304 g/mol. The number of amides is 1. The number of nitrogens with zero attached hydrogens (tertiary/aromatic N) is 1. The van der Waals surface area contributed by atoms with Crippen LogP contribution < -0.4 is 5.43 Å². The topological polar surface area (TPSA) is 61.7 Å². The van der Waals surface area contributed by atoms with Gasteiger partial charge in [-0.05, 0) is 25.5 Å². The summed E-state index contributed by atoms with van der Waals surface area (Å²) in [5.41, 5.74) is 4.07. The highest BCUT2D eigenvalue weighted by molar-refractivity contribution is 5.99. The quantitative estimate of drug-likeness (QED) is 0.383. The number of nitrogens with one attached hydrogen (secondary N) is 1. The minimum absolute atomic E-state index is 0.0481. The fourth-order valence-corrected chi connectivity index (χ4v) is 2.24. The SMILES string of the molecule is CCCCCCCCCC(=O)N/N=C(\C)c1cccc(O)c1. The summed E-state index contributed by atoms with van der Waals surface area (Å²) in [5, 5.41) is 13.5. The Labute approximate surface area is 133 Å². The second-order valence-corrected chi connectivity index (χ2v) is 5.65. The summed E-state index contributed by atoms with van der Waals surface area (Å²) < 4.78 is 0. The maximum atomic E-state index is 11.7. The van der Waals surface area contributed by atoms with Crippen molar-refractivity contribution in [3.63, 3.8) is 0 Å².